The Kier molecular flexibility index (Phi) is 7.25. The van der Waals surface area contributed by atoms with Crippen molar-refractivity contribution in [3.05, 3.63) is 0 Å². The zero-order valence-electron chi connectivity index (χ0n) is 11.2. The first-order chi connectivity index (χ1) is 8.24. The lowest BCUT2D eigenvalue weighted by atomic mass is 10.1. The fraction of sp³-hybridized carbons (Fsp3) is 0.929. The Labute approximate surface area is 105 Å². The zero-order chi connectivity index (χ0) is 12.5. The maximum absolute atomic E-state index is 10.7. The van der Waals surface area contributed by atoms with Gasteiger partial charge in [0.1, 0.15) is 0 Å². The Morgan fingerprint density at radius 2 is 1.94 bits per heavy atom. The molecule has 0 saturated carbocycles. The number of unbranched alkanes of at least 4 members (excludes halogenated alkanes) is 5. The second-order valence-corrected chi connectivity index (χ2v) is 5.20. The summed E-state index contributed by atoms with van der Waals surface area (Å²) in [7, 11) is 0. The van der Waals surface area contributed by atoms with Gasteiger partial charge in [-0.1, -0.05) is 39.0 Å². The highest BCUT2D eigenvalue weighted by molar-refractivity contribution is 5.67. The van der Waals surface area contributed by atoms with E-state index in [-0.39, 0.29) is 0 Å². The SMILES string of the molecule is CCCCCCCCN1CCCC1CC(=O)O. The molecule has 0 aromatic rings. The Balaban J connectivity index is 2.07. The van der Waals surface area contributed by atoms with Crippen molar-refractivity contribution in [3.63, 3.8) is 0 Å². The van der Waals surface area contributed by atoms with Crippen LogP contribution in [0.15, 0.2) is 0 Å². The normalized spacial score (nSPS) is 20.9. The third kappa shape index (κ3) is 6.06. The van der Waals surface area contributed by atoms with Gasteiger partial charge in [-0.05, 0) is 32.4 Å². The zero-order valence-corrected chi connectivity index (χ0v) is 11.2. The number of nitrogens with zero attached hydrogens (tertiary/aromatic N) is 1. The van der Waals surface area contributed by atoms with E-state index in [1.807, 2.05) is 0 Å². The Morgan fingerprint density at radius 1 is 1.24 bits per heavy atom. The van der Waals surface area contributed by atoms with Crippen LogP contribution in [0, 0.1) is 0 Å². The smallest absolute Gasteiger partial charge is 0.304 e. The fourth-order valence-corrected chi connectivity index (χ4v) is 2.72. The average Bonchev–Trinajstić information content (AvgIpc) is 2.70. The molecule has 0 bridgehead atoms. The first kappa shape index (κ1) is 14.5. The molecule has 1 aliphatic heterocycles. The van der Waals surface area contributed by atoms with Gasteiger partial charge in [-0.3, -0.25) is 9.69 Å². The van der Waals surface area contributed by atoms with E-state index in [1.54, 1.807) is 0 Å². The molecule has 0 aliphatic carbocycles. The quantitative estimate of drug-likeness (QED) is 0.630. The van der Waals surface area contributed by atoms with Crippen LogP contribution in [0.25, 0.3) is 0 Å². The summed E-state index contributed by atoms with van der Waals surface area (Å²) in [6.45, 7) is 4.44. The van der Waals surface area contributed by atoms with Crippen LogP contribution in [0.2, 0.25) is 0 Å². The van der Waals surface area contributed by atoms with E-state index in [9.17, 15) is 4.79 Å². The molecular formula is C14H27NO2. The highest BCUT2D eigenvalue weighted by Gasteiger charge is 2.25. The molecule has 1 rings (SSSR count). The van der Waals surface area contributed by atoms with Crippen LogP contribution in [0.4, 0.5) is 0 Å². The molecule has 1 saturated heterocycles. The van der Waals surface area contributed by atoms with Crippen LogP contribution in [0.1, 0.15) is 64.7 Å². The number of carboxylic acid groups (broad SMARTS) is 1. The lowest BCUT2D eigenvalue weighted by molar-refractivity contribution is -0.138. The summed E-state index contributed by atoms with van der Waals surface area (Å²) < 4.78 is 0. The molecular weight excluding hydrogens is 214 g/mol. The predicted octanol–water partition coefficient (Wildman–Crippen LogP) is 3.29. The molecule has 1 N–H and O–H groups in total. The molecule has 0 aromatic heterocycles. The van der Waals surface area contributed by atoms with Crippen molar-refractivity contribution in [2.45, 2.75) is 70.8 Å². The molecule has 1 fully saturated rings. The van der Waals surface area contributed by atoms with Crippen LogP contribution in [0.5, 0.6) is 0 Å². The van der Waals surface area contributed by atoms with Crippen LogP contribution in [0.3, 0.4) is 0 Å². The van der Waals surface area contributed by atoms with E-state index >= 15 is 0 Å². The second-order valence-electron chi connectivity index (χ2n) is 5.20. The topological polar surface area (TPSA) is 40.5 Å². The first-order valence-electron chi connectivity index (χ1n) is 7.20. The molecule has 17 heavy (non-hydrogen) atoms. The number of likely N-dealkylation sites (tertiary alicyclic amines) is 1. The van der Waals surface area contributed by atoms with E-state index in [0.717, 1.165) is 19.5 Å². The number of carboxylic acids is 1. The van der Waals surface area contributed by atoms with Crippen LogP contribution >= 0.6 is 0 Å². The summed E-state index contributed by atoms with van der Waals surface area (Å²) in [5, 5.41) is 8.83. The number of hydrogen-bond donors (Lipinski definition) is 1. The third-order valence-electron chi connectivity index (χ3n) is 3.71. The second kappa shape index (κ2) is 8.51. The summed E-state index contributed by atoms with van der Waals surface area (Å²) in [4.78, 5) is 13.1. The van der Waals surface area contributed by atoms with Gasteiger partial charge in [0.2, 0.25) is 0 Å². The number of carbonyl (C=O) groups is 1. The highest BCUT2D eigenvalue weighted by atomic mass is 16.4. The summed E-state index contributed by atoms with van der Waals surface area (Å²) in [6.07, 6.45) is 10.5. The number of aliphatic carboxylic acids is 1. The monoisotopic (exact) mass is 241 g/mol. The molecule has 3 nitrogen and oxygen atoms in total. The molecule has 0 amide bonds. The van der Waals surface area contributed by atoms with Gasteiger partial charge in [0.25, 0.3) is 0 Å². The number of hydrogen-bond acceptors (Lipinski definition) is 2. The summed E-state index contributed by atoms with van der Waals surface area (Å²) in [6, 6.07) is 0.308. The maximum atomic E-state index is 10.7. The van der Waals surface area contributed by atoms with E-state index < -0.39 is 5.97 Å². The highest BCUT2D eigenvalue weighted by Crippen LogP contribution is 2.20. The van der Waals surface area contributed by atoms with Crippen molar-refractivity contribution >= 4 is 5.97 Å². The molecule has 100 valence electrons. The van der Waals surface area contributed by atoms with Crippen molar-refractivity contribution in [1.82, 2.24) is 4.90 Å². The Bertz CT molecular complexity index is 218. The third-order valence-corrected chi connectivity index (χ3v) is 3.71. The van der Waals surface area contributed by atoms with Gasteiger partial charge in [0.05, 0.1) is 6.42 Å². The van der Waals surface area contributed by atoms with Crippen molar-refractivity contribution in [1.29, 1.82) is 0 Å². The van der Waals surface area contributed by atoms with Gasteiger partial charge in [-0.15, -0.1) is 0 Å². The van der Waals surface area contributed by atoms with Gasteiger partial charge in [0.15, 0.2) is 0 Å². The van der Waals surface area contributed by atoms with E-state index in [0.29, 0.717) is 12.5 Å². The van der Waals surface area contributed by atoms with E-state index in [1.165, 1.54) is 44.9 Å². The van der Waals surface area contributed by atoms with Crippen molar-refractivity contribution in [2.75, 3.05) is 13.1 Å². The lowest BCUT2D eigenvalue weighted by Crippen LogP contribution is -2.32. The van der Waals surface area contributed by atoms with Gasteiger partial charge in [0, 0.05) is 6.04 Å². The minimum Gasteiger partial charge on any atom is -0.481 e. The fourth-order valence-electron chi connectivity index (χ4n) is 2.72. The van der Waals surface area contributed by atoms with E-state index in [2.05, 4.69) is 11.8 Å². The standard InChI is InChI=1S/C14H27NO2/c1-2-3-4-5-6-7-10-15-11-8-9-13(15)12-14(16)17/h13H,2-12H2,1H3,(H,16,17). The van der Waals surface area contributed by atoms with Crippen LogP contribution in [-0.4, -0.2) is 35.1 Å². The number of rotatable bonds is 9. The predicted molar refractivity (Wildman–Crippen MR) is 70.2 cm³/mol. The van der Waals surface area contributed by atoms with Gasteiger partial charge < -0.3 is 5.11 Å². The van der Waals surface area contributed by atoms with Gasteiger partial charge in [-0.2, -0.15) is 0 Å². The molecule has 0 spiro atoms. The molecule has 0 aromatic carbocycles. The summed E-state index contributed by atoms with van der Waals surface area (Å²) >= 11 is 0. The van der Waals surface area contributed by atoms with Crippen LogP contribution in [-0.2, 0) is 4.79 Å². The lowest BCUT2D eigenvalue weighted by Gasteiger charge is -2.22. The minimum absolute atomic E-state index is 0.308. The van der Waals surface area contributed by atoms with Gasteiger partial charge >= 0.3 is 5.97 Å². The van der Waals surface area contributed by atoms with Crippen molar-refractivity contribution in [3.8, 4) is 0 Å². The summed E-state index contributed by atoms with van der Waals surface area (Å²) in [5.41, 5.74) is 0. The average molecular weight is 241 g/mol. The molecule has 1 unspecified atom stereocenters. The van der Waals surface area contributed by atoms with Gasteiger partial charge in [-0.25, -0.2) is 0 Å². The maximum Gasteiger partial charge on any atom is 0.304 e. The Morgan fingerprint density at radius 3 is 2.65 bits per heavy atom. The Hall–Kier alpha value is -0.570. The van der Waals surface area contributed by atoms with Crippen molar-refractivity contribution in [2.24, 2.45) is 0 Å². The largest absolute Gasteiger partial charge is 0.481 e. The molecule has 1 atom stereocenters. The molecule has 1 aliphatic rings. The molecule has 0 radical (unpaired) electrons. The van der Waals surface area contributed by atoms with Crippen molar-refractivity contribution < 1.29 is 9.90 Å². The first-order valence-corrected chi connectivity index (χ1v) is 7.20. The van der Waals surface area contributed by atoms with Crippen LogP contribution < -0.4 is 0 Å². The summed E-state index contributed by atoms with van der Waals surface area (Å²) in [5.74, 6) is -0.648. The molecule has 1 heterocycles. The molecule has 3 heteroatoms. The minimum atomic E-state index is -0.648. The van der Waals surface area contributed by atoms with E-state index in [4.69, 9.17) is 5.11 Å².